The first-order chi connectivity index (χ1) is 6.63. The summed E-state index contributed by atoms with van der Waals surface area (Å²) in [6.07, 6.45) is 0. The van der Waals surface area contributed by atoms with Gasteiger partial charge in [0.25, 0.3) is 0 Å². The molecule has 15 heavy (non-hydrogen) atoms. The van der Waals surface area contributed by atoms with Gasteiger partial charge in [-0.15, -0.1) is 17.0 Å². The molecule has 0 aliphatic heterocycles. The lowest BCUT2D eigenvalue weighted by Gasteiger charge is -2.10. The molecule has 1 aromatic carbocycles. The topological polar surface area (TPSA) is 21.3 Å². The summed E-state index contributed by atoms with van der Waals surface area (Å²) < 4.78 is 5.21. The maximum atomic E-state index is 5.21. The summed E-state index contributed by atoms with van der Waals surface area (Å²) in [7, 11) is 1.70. The number of rotatable bonds is 4. The Labute approximate surface area is 103 Å². The van der Waals surface area contributed by atoms with Gasteiger partial charge in [0.2, 0.25) is 0 Å². The molecule has 86 valence electrons. The lowest BCUT2D eigenvalue weighted by molar-refractivity contribution is 0.411. The number of ether oxygens (including phenoxy) is 1. The van der Waals surface area contributed by atoms with Crippen molar-refractivity contribution in [2.75, 3.05) is 7.11 Å². The van der Waals surface area contributed by atoms with Crippen molar-refractivity contribution in [1.82, 2.24) is 5.32 Å². The molecule has 2 nitrogen and oxygen atoms in total. The molecule has 0 amide bonds. The number of hydrogen-bond donors (Lipinski definition) is 1. The monoisotopic (exact) mass is 273 g/mol. The normalized spacial score (nSPS) is 9.93. The van der Waals surface area contributed by atoms with Crippen LogP contribution in [0.1, 0.15) is 25.0 Å². The molecule has 1 aromatic rings. The highest BCUT2D eigenvalue weighted by Crippen LogP contribution is 2.18. The number of nitrogens with one attached hydrogen (secondary N) is 1. The zero-order chi connectivity index (χ0) is 10.6. The Balaban J connectivity index is 0.00000196. The maximum Gasteiger partial charge on any atom is 0.121 e. The van der Waals surface area contributed by atoms with E-state index in [4.69, 9.17) is 4.74 Å². The minimum Gasteiger partial charge on any atom is -0.496 e. The molecule has 0 radical (unpaired) electrons. The van der Waals surface area contributed by atoms with Crippen LogP contribution >= 0.6 is 17.0 Å². The summed E-state index contributed by atoms with van der Waals surface area (Å²) in [5.41, 5.74) is 2.49. The molecule has 0 aliphatic carbocycles. The molecular weight excluding hydrogens is 254 g/mol. The second-order valence-corrected chi connectivity index (χ2v) is 3.84. The molecule has 0 saturated heterocycles. The predicted molar refractivity (Wildman–Crippen MR) is 70.0 cm³/mol. The second-order valence-electron chi connectivity index (χ2n) is 3.84. The lowest BCUT2D eigenvalue weighted by Crippen LogP contribution is -2.21. The van der Waals surface area contributed by atoms with Crippen LogP contribution in [0.5, 0.6) is 5.75 Å². The van der Waals surface area contributed by atoms with E-state index in [0.29, 0.717) is 6.04 Å². The van der Waals surface area contributed by atoms with E-state index in [1.807, 2.05) is 6.07 Å². The fraction of sp³-hybridized carbons (Fsp3) is 0.500. The van der Waals surface area contributed by atoms with E-state index >= 15 is 0 Å². The molecule has 0 aliphatic rings. The average molecular weight is 274 g/mol. The SMILES string of the molecule is Br.COc1ccc(CNC(C)C)cc1C. The van der Waals surface area contributed by atoms with Crippen molar-refractivity contribution in [1.29, 1.82) is 0 Å². The van der Waals surface area contributed by atoms with Gasteiger partial charge < -0.3 is 10.1 Å². The summed E-state index contributed by atoms with van der Waals surface area (Å²) in [5, 5.41) is 3.39. The summed E-state index contributed by atoms with van der Waals surface area (Å²) in [6.45, 7) is 7.28. The van der Waals surface area contributed by atoms with E-state index in [1.54, 1.807) is 7.11 Å². The van der Waals surface area contributed by atoms with Crippen LogP contribution in [-0.4, -0.2) is 13.2 Å². The molecule has 0 unspecified atom stereocenters. The van der Waals surface area contributed by atoms with Crippen molar-refractivity contribution in [2.45, 2.75) is 33.4 Å². The van der Waals surface area contributed by atoms with Gasteiger partial charge in [-0.3, -0.25) is 0 Å². The van der Waals surface area contributed by atoms with Gasteiger partial charge >= 0.3 is 0 Å². The fourth-order valence-corrected chi connectivity index (χ4v) is 1.37. The largest absolute Gasteiger partial charge is 0.496 e. The van der Waals surface area contributed by atoms with Gasteiger partial charge in [-0.1, -0.05) is 26.0 Å². The summed E-state index contributed by atoms with van der Waals surface area (Å²) in [4.78, 5) is 0. The Morgan fingerprint density at radius 1 is 1.33 bits per heavy atom. The number of methoxy groups -OCH3 is 1. The quantitative estimate of drug-likeness (QED) is 0.911. The third-order valence-electron chi connectivity index (χ3n) is 2.17. The van der Waals surface area contributed by atoms with E-state index in [-0.39, 0.29) is 17.0 Å². The van der Waals surface area contributed by atoms with E-state index in [9.17, 15) is 0 Å². The number of halogens is 1. The highest BCUT2D eigenvalue weighted by atomic mass is 79.9. The van der Waals surface area contributed by atoms with Crippen LogP contribution in [0, 0.1) is 6.92 Å². The molecular formula is C12H20BrNO. The zero-order valence-electron chi connectivity index (χ0n) is 9.83. The lowest BCUT2D eigenvalue weighted by atomic mass is 10.1. The average Bonchev–Trinajstić information content (AvgIpc) is 2.15. The van der Waals surface area contributed by atoms with Crippen LogP contribution in [0.3, 0.4) is 0 Å². The highest BCUT2D eigenvalue weighted by Gasteiger charge is 2.00. The highest BCUT2D eigenvalue weighted by molar-refractivity contribution is 8.93. The van der Waals surface area contributed by atoms with Crippen molar-refractivity contribution < 1.29 is 4.74 Å². The first-order valence-electron chi connectivity index (χ1n) is 5.00. The Morgan fingerprint density at radius 3 is 2.47 bits per heavy atom. The molecule has 0 saturated carbocycles. The Morgan fingerprint density at radius 2 is 2.00 bits per heavy atom. The Kier molecular flexibility index (Phi) is 6.61. The van der Waals surface area contributed by atoms with E-state index in [2.05, 4.69) is 38.2 Å². The van der Waals surface area contributed by atoms with E-state index < -0.39 is 0 Å². The number of benzene rings is 1. The van der Waals surface area contributed by atoms with Gasteiger partial charge in [-0.25, -0.2) is 0 Å². The van der Waals surface area contributed by atoms with E-state index in [1.165, 1.54) is 11.1 Å². The molecule has 0 spiro atoms. The Bertz CT molecular complexity index is 300. The summed E-state index contributed by atoms with van der Waals surface area (Å²) >= 11 is 0. The van der Waals surface area contributed by atoms with E-state index in [0.717, 1.165) is 12.3 Å². The van der Waals surface area contributed by atoms with Crippen LogP contribution in [0.2, 0.25) is 0 Å². The minimum atomic E-state index is 0. The zero-order valence-corrected chi connectivity index (χ0v) is 11.5. The van der Waals surface area contributed by atoms with Gasteiger partial charge in [0.1, 0.15) is 5.75 Å². The molecule has 0 aromatic heterocycles. The number of aryl methyl sites for hydroxylation is 1. The molecule has 1 rings (SSSR count). The van der Waals surface area contributed by atoms with Gasteiger partial charge in [-0.05, 0) is 24.1 Å². The molecule has 3 heteroatoms. The summed E-state index contributed by atoms with van der Waals surface area (Å²) in [5.74, 6) is 0.957. The standard InChI is InChI=1S/C12H19NO.BrH/c1-9(2)13-8-11-5-6-12(14-4)10(3)7-11;/h5-7,9,13H,8H2,1-4H3;1H. The van der Waals surface area contributed by atoms with Crippen molar-refractivity contribution in [3.63, 3.8) is 0 Å². The molecule has 0 fully saturated rings. The van der Waals surface area contributed by atoms with Crippen LogP contribution < -0.4 is 10.1 Å². The minimum absolute atomic E-state index is 0. The second kappa shape index (κ2) is 6.85. The van der Waals surface area contributed by atoms with Gasteiger partial charge in [0, 0.05) is 12.6 Å². The predicted octanol–water partition coefficient (Wildman–Crippen LogP) is 3.08. The van der Waals surface area contributed by atoms with Crippen molar-refractivity contribution in [2.24, 2.45) is 0 Å². The first kappa shape index (κ1) is 14.5. The molecule has 0 heterocycles. The van der Waals surface area contributed by atoms with Crippen LogP contribution in [-0.2, 0) is 6.54 Å². The fourth-order valence-electron chi connectivity index (χ4n) is 1.37. The summed E-state index contributed by atoms with van der Waals surface area (Å²) in [6, 6.07) is 6.81. The van der Waals surface area contributed by atoms with Crippen LogP contribution in [0.15, 0.2) is 18.2 Å². The smallest absolute Gasteiger partial charge is 0.121 e. The maximum absolute atomic E-state index is 5.21. The van der Waals surface area contributed by atoms with Crippen LogP contribution in [0.25, 0.3) is 0 Å². The Hall–Kier alpha value is -0.540. The van der Waals surface area contributed by atoms with Gasteiger partial charge in [-0.2, -0.15) is 0 Å². The third kappa shape index (κ3) is 4.67. The van der Waals surface area contributed by atoms with Gasteiger partial charge in [0.05, 0.1) is 7.11 Å². The molecule has 0 bridgehead atoms. The van der Waals surface area contributed by atoms with Crippen LogP contribution in [0.4, 0.5) is 0 Å². The van der Waals surface area contributed by atoms with Crippen molar-refractivity contribution in [3.05, 3.63) is 29.3 Å². The van der Waals surface area contributed by atoms with Crippen molar-refractivity contribution >= 4 is 17.0 Å². The van der Waals surface area contributed by atoms with Gasteiger partial charge in [0.15, 0.2) is 0 Å². The number of hydrogen-bond acceptors (Lipinski definition) is 2. The third-order valence-corrected chi connectivity index (χ3v) is 2.17. The van der Waals surface area contributed by atoms with Crippen molar-refractivity contribution in [3.8, 4) is 5.75 Å². The first-order valence-corrected chi connectivity index (χ1v) is 5.00. The molecule has 0 atom stereocenters. The molecule has 1 N–H and O–H groups in total.